The summed E-state index contributed by atoms with van der Waals surface area (Å²) in [6, 6.07) is 3.62. The smallest absolute Gasteiger partial charge is 0.356 e. The van der Waals surface area contributed by atoms with Crippen molar-refractivity contribution in [2.75, 3.05) is 6.61 Å². The van der Waals surface area contributed by atoms with Gasteiger partial charge in [-0.25, -0.2) is 9.78 Å². The Bertz CT molecular complexity index is 306. The molecule has 0 aliphatic carbocycles. The predicted molar refractivity (Wildman–Crippen MR) is 58.8 cm³/mol. The van der Waals surface area contributed by atoms with Crippen LogP contribution < -0.4 is 0 Å². The van der Waals surface area contributed by atoms with Gasteiger partial charge in [0.15, 0.2) is 0 Å². The zero-order valence-corrected chi connectivity index (χ0v) is 9.32. The van der Waals surface area contributed by atoms with Crippen LogP contribution in [0.4, 0.5) is 0 Å². The van der Waals surface area contributed by atoms with Gasteiger partial charge in [0.25, 0.3) is 0 Å². The van der Waals surface area contributed by atoms with Gasteiger partial charge in [-0.05, 0) is 24.5 Å². The molecule has 0 amide bonds. The molecule has 0 saturated heterocycles. The quantitative estimate of drug-likeness (QED) is 0.550. The van der Waals surface area contributed by atoms with Gasteiger partial charge in [0.2, 0.25) is 0 Å². The van der Waals surface area contributed by atoms with Crippen molar-refractivity contribution in [3.05, 3.63) is 29.6 Å². The Morgan fingerprint density at radius 1 is 1.40 bits per heavy atom. The number of ether oxygens (including phenoxy) is 1. The molecule has 0 aliphatic heterocycles. The van der Waals surface area contributed by atoms with Gasteiger partial charge in [0.05, 0.1) is 6.61 Å². The van der Waals surface area contributed by atoms with Crippen LogP contribution in [0, 0.1) is 0 Å². The number of carbonyl (C=O) groups is 1. The Labute approximate surface area is 90.5 Å². The molecule has 0 saturated carbocycles. The van der Waals surface area contributed by atoms with E-state index in [9.17, 15) is 4.79 Å². The summed E-state index contributed by atoms with van der Waals surface area (Å²) in [5.74, 6) is -0.328. The molecular formula is C12H17NO2. The van der Waals surface area contributed by atoms with Crippen LogP contribution in [-0.4, -0.2) is 17.6 Å². The summed E-state index contributed by atoms with van der Waals surface area (Å²) in [6.07, 6.45) is 4.57. The van der Waals surface area contributed by atoms with Crippen LogP contribution in [-0.2, 0) is 11.2 Å². The number of hydrogen-bond acceptors (Lipinski definition) is 3. The number of carbonyl (C=O) groups excluding carboxylic acids is 1. The average Bonchev–Trinajstić information content (AvgIpc) is 2.29. The standard InChI is InChI=1S/C12H17NO2/c1-3-5-8-15-12(14)11-7-6-10(4-2)9-13-11/h6-7,9H,3-5,8H2,1-2H3. The molecule has 1 rings (SSSR count). The lowest BCUT2D eigenvalue weighted by Gasteiger charge is -2.03. The summed E-state index contributed by atoms with van der Waals surface area (Å²) < 4.78 is 5.04. The number of unbranched alkanes of at least 4 members (excludes halogenated alkanes) is 1. The van der Waals surface area contributed by atoms with Crippen LogP contribution in [0.1, 0.15) is 42.7 Å². The Kier molecular flexibility index (Phi) is 4.81. The van der Waals surface area contributed by atoms with E-state index in [0.717, 1.165) is 24.8 Å². The summed E-state index contributed by atoms with van der Waals surface area (Å²) in [7, 11) is 0. The number of pyridine rings is 1. The Hall–Kier alpha value is -1.38. The number of nitrogens with zero attached hydrogens (tertiary/aromatic N) is 1. The van der Waals surface area contributed by atoms with E-state index in [-0.39, 0.29) is 5.97 Å². The molecular weight excluding hydrogens is 190 g/mol. The first kappa shape index (κ1) is 11.7. The highest BCUT2D eigenvalue weighted by Gasteiger charge is 2.07. The monoisotopic (exact) mass is 207 g/mol. The molecule has 3 heteroatoms. The normalized spacial score (nSPS) is 10.0. The second kappa shape index (κ2) is 6.17. The minimum Gasteiger partial charge on any atom is -0.461 e. The lowest BCUT2D eigenvalue weighted by molar-refractivity contribution is 0.0493. The van der Waals surface area contributed by atoms with Crippen molar-refractivity contribution in [3.8, 4) is 0 Å². The van der Waals surface area contributed by atoms with Gasteiger partial charge in [-0.15, -0.1) is 0 Å². The van der Waals surface area contributed by atoms with Crippen molar-refractivity contribution in [2.45, 2.75) is 33.1 Å². The van der Waals surface area contributed by atoms with E-state index in [1.165, 1.54) is 0 Å². The Balaban J connectivity index is 2.50. The van der Waals surface area contributed by atoms with Crippen molar-refractivity contribution < 1.29 is 9.53 Å². The van der Waals surface area contributed by atoms with E-state index in [1.807, 2.05) is 6.07 Å². The second-order valence-corrected chi connectivity index (χ2v) is 3.39. The maximum atomic E-state index is 11.4. The van der Waals surface area contributed by atoms with E-state index in [2.05, 4.69) is 18.8 Å². The minimum atomic E-state index is -0.328. The van der Waals surface area contributed by atoms with Gasteiger partial charge >= 0.3 is 5.97 Å². The molecule has 15 heavy (non-hydrogen) atoms. The van der Waals surface area contributed by atoms with Crippen LogP contribution >= 0.6 is 0 Å². The Morgan fingerprint density at radius 2 is 2.20 bits per heavy atom. The summed E-state index contributed by atoms with van der Waals surface area (Å²) in [4.78, 5) is 15.5. The van der Waals surface area contributed by atoms with Gasteiger partial charge < -0.3 is 4.74 Å². The number of rotatable bonds is 5. The molecule has 0 atom stereocenters. The topological polar surface area (TPSA) is 39.2 Å². The molecule has 0 spiro atoms. The van der Waals surface area contributed by atoms with Crippen molar-refractivity contribution in [2.24, 2.45) is 0 Å². The van der Waals surface area contributed by atoms with Crippen LogP contribution in [0.25, 0.3) is 0 Å². The Morgan fingerprint density at radius 3 is 2.73 bits per heavy atom. The fourth-order valence-corrected chi connectivity index (χ4v) is 1.14. The number of esters is 1. The maximum Gasteiger partial charge on any atom is 0.356 e. The van der Waals surface area contributed by atoms with Gasteiger partial charge in [-0.3, -0.25) is 0 Å². The maximum absolute atomic E-state index is 11.4. The fourth-order valence-electron chi connectivity index (χ4n) is 1.14. The highest BCUT2D eigenvalue weighted by atomic mass is 16.5. The van der Waals surface area contributed by atoms with Gasteiger partial charge in [0, 0.05) is 6.20 Å². The second-order valence-electron chi connectivity index (χ2n) is 3.39. The van der Waals surface area contributed by atoms with Crippen molar-refractivity contribution in [3.63, 3.8) is 0 Å². The third kappa shape index (κ3) is 3.70. The van der Waals surface area contributed by atoms with Crippen molar-refractivity contribution >= 4 is 5.97 Å². The molecule has 1 aromatic heterocycles. The summed E-state index contributed by atoms with van der Waals surface area (Å²) in [6.45, 7) is 4.59. The van der Waals surface area contributed by atoms with E-state index in [1.54, 1.807) is 12.3 Å². The van der Waals surface area contributed by atoms with Crippen LogP contribution in [0.3, 0.4) is 0 Å². The summed E-state index contributed by atoms with van der Waals surface area (Å²) in [5.41, 5.74) is 1.52. The van der Waals surface area contributed by atoms with E-state index in [4.69, 9.17) is 4.74 Å². The van der Waals surface area contributed by atoms with E-state index in [0.29, 0.717) is 12.3 Å². The molecule has 1 heterocycles. The third-order valence-electron chi connectivity index (χ3n) is 2.17. The summed E-state index contributed by atoms with van der Waals surface area (Å²) >= 11 is 0. The average molecular weight is 207 g/mol. The SMILES string of the molecule is CCCCOC(=O)c1ccc(CC)cn1. The van der Waals surface area contributed by atoms with Crippen LogP contribution in [0.5, 0.6) is 0 Å². The van der Waals surface area contributed by atoms with Gasteiger partial charge in [-0.1, -0.05) is 26.3 Å². The third-order valence-corrected chi connectivity index (χ3v) is 2.17. The molecule has 0 aliphatic rings. The van der Waals surface area contributed by atoms with Crippen LogP contribution in [0.15, 0.2) is 18.3 Å². The first-order chi connectivity index (χ1) is 7.27. The first-order valence-corrected chi connectivity index (χ1v) is 5.40. The van der Waals surface area contributed by atoms with Crippen molar-refractivity contribution in [1.29, 1.82) is 0 Å². The highest BCUT2D eigenvalue weighted by molar-refractivity contribution is 5.87. The molecule has 0 fully saturated rings. The van der Waals surface area contributed by atoms with E-state index >= 15 is 0 Å². The molecule has 3 nitrogen and oxygen atoms in total. The molecule has 0 aromatic carbocycles. The number of hydrogen-bond donors (Lipinski definition) is 0. The zero-order chi connectivity index (χ0) is 11.1. The molecule has 0 N–H and O–H groups in total. The van der Waals surface area contributed by atoms with Gasteiger partial charge in [-0.2, -0.15) is 0 Å². The largest absolute Gasteiger partial charge is 0.461 e. The minimum absolute atomic E-state index is 0.328. The van der Waals surface area contributed by atoms with Crippen LogP contribution in [0.2, 0.25) is 0 Å². The fraction of sp³-hybridized carbons (Fsp3) is 0.500. The van der Waals surface area contributed by atoms with Gasteiger partial charge in [0.1, 0.15) is 5.69 Å². The molecule has 0 unspecified atom stereocenters. The number of aromatic nitrogens is 1. The van der Waals surface area contributed by atoms with E-state index < -0.39 is 0 Å². The predicted octanol–water partition coefficient (Wildman–Crippen LogP) is 2.60. The zero-order valence-electron chi connectivity index (χ0n) is 9.32. The molecule has 0 bridgehead atoms. The number of aryl methyl sites for hydroxylation is 1. The molecule has 1 aromatic rings. The molecule has 0 radical (unpaired) electrons. The lowest BCUT2D eigenvalue weighted by Crippen LogP contribution is -2.08. The highest BCUT2D eigenvalue weighted by Crippen LogP contribution is 2.03. The summed E-state index contributed by atoms with van der Waals surface area (Å²) in [5, 5.41) is 0. The first-order valence-electron chi connectivity index (χ1n) is 5.40. The lowest BCUT2D eigenvalue weighted by atomic mass is 10.2. The van der Waals surface area contributed by atoms with Crippen molar-refractivity contribution in [1.82, 2.24) is 4.98 Å². The molecule has 82 valence electrons.